The third-order valence-corrected chi connectivity index (χ3v) is 10.1. The maximum atomic E-state index is 13.4. The quantitative estimate of drug-likeness (QED) is 0.0642. The van der Waals surface area contributed by atoms with Crippen LogP contribution in [0.25, 0.3) is 10.8 Å². The predicted octanol–water partition coefficient (Wildman–Crippen LogP) is 12.1. The molecule has 0 aliphatic carbocycles. The summed E-state index contributed by atoms with van der Waals surface area (Å²) in [7, 11) is 0. The minimum Gasteiger partial charge on any atom is -0.481 e. The number of nitrogens with zero attached hydrogens (tertiary/aromatic N) is 1. The van der Waals surface area contributed by atoms with Gasteiger partial charge >= 0.3 is 5.97 Å². The minimum absolute atomic E-state index is 0.172. The molecule has 268 valence electrons. The number of rotatable bonds is 30. The van der Waals surface area contributed by atoms with Gasteiger partial charge in [-0.15, -0.1) is 0 Å². The Balaban J connectivity index is 1.28. The summed E-state index contributed by atoms with van der Waals surface area (Å²) < 4.78 is 0. The summed E-state index contributed by atoms with van der Waals surface area (Å²) in [6.45, 7) is 3.64. The van der Waals surface area contributed by atoms with Gasteiger partial charge in [0.2, 0.25) is 0 Å². The fourth-order valence-corrected chi connectivity index (χ4v) is 7.18. The van der Waals surface area contributed by atoms with E-state index in [1.807, 2.05) is 30.3 Å². The molecule has 0 unspecified atom stereocenters. The van der Waals surface area contributed by atoms with Crippen molar-refractivity contribution in [3.63, 3.8) is 0 Å². The number of anilines is 1. The molecule has 1 aliphatic rings. The Morgan fingerprint density at radius 2 is 1.04 bits per heavy atom. The van der Waals surface area contributed by atoms with Gasteiger partial charge in [-0.1, -0.05) is 160 Å². The Morgan fingerprint density at radius 1 is 0.583 bits per heavy atom. The average Bonchev–Trinajstić information content (AvgIpc) is 3.08. The van der Waals surface area contributed by atoms with E-state index in [0.717, 1.165) is 87.2 Å². The van der Waals surface area contributed by atoms with E-state index in [1.54, 1.807) is 0 Å². The van der Waals surface area contributed by atoms with E-state index < -0.39 is 5.97 Å². The summed E-state index contributed by atoms with van der Waals surface area (Å²) in [5, 5.41) is 14.1. The molecule has 0 radical (unpaired) electrons. The molecule has 0 aromatic heterocycles. The first-order valence-corrected chi connectivity index (χ1v) is 19.9. The van der Waals surface area contributed by atoms with Crippen LogP contribution in [0.3, 0.4) is 0 Å². The van der Waals surface area contributed by atoms with Crippen molar-refractivity contribution < 1.29 is 19.5 Å². The zero-order valence-corrected chi connectivity index (χ0v) is 30.3. The zero-order valence-electron chi connectivity index (χ0n) is 30.3. The fourth-order valence-electron chi connectivity index (χ4n) is 7.18. The van der Waals surface area contributed by atoms with Gasteiger partial charge in [0, 0.05) is 47.1 Å². The second-order valence-electron chi connectivity index (χ2n) is 14.2. The van der Waals surface area contributed by atoms with Crippen LogP contribution in [0.4, 0.5) is 5.69 Å². The molecule has 48 heavy (non-hydrogen) atoms. The largest absolute Gasteiger partial charge is 0.481 e. The number of carboxylic acid groups (broad SMARTS) is 1. The minimum atomic E-state index is -0.710. The lowest BCUT2D eigenvalue weighted by atomic mass is 9.92. The SMILES string of the molecule is CCCCCCCCCCCCCCCCCCNc1ccc2c3c(cccc13)C(=O)N(CCCCCCCCCCCC(=O)O)C2=O. The first-order chi connectivity index (χ1) is 23.5. The summed E-state index contributed by atoms with van der Waals surface area (Å²) in [5.74, 6) is -1.05. The molecule has 2 amide bonds. The van der Waals surface area contributed by atoms with Gasteiger partial charge < -0.3 is 10.4 Å². The van der Waals surface area contributed by atoms with E-state index in [1.165, 1.54) is 101 Å². The zero-order chi connectivity index (χ0) is 34.2. The number of nitrogens with one attached hydrogen (secondary N) is 1. The highest BCUT2D eigenvalue weighted by Crippen LogP contribution is 2.34. The number of carbonyl (C=O) groups excluding carboxylic acids is 2. The van der Waals surface area contributed by atoms with E-state index >= 15 is 0 Å². The van der Waals surface area contributed by atoms with E-state index in [2.05, 4.69) is 12.2 Å². The predicted molar refractivity (Wildman–Crippen MR) is 201 cm³/mol. The highest BCUT2D eigenvalue weighted by atomic mass is 16.4. The first kappa shape index (κ1) is 39.5. The van der Waals surface area contributed by atoms with Gasteiger partial charge in [0.05, 0.1) is 0 Å². The molecule has 1 aliphatic heterocycles. The van der Waals surface area contributed by atoms with Crippen molar-refractivity contribution in [2.24, 2.45) is 0 Å². The Hall–Kier alpha value is -2.89. The lowest BCUT2D eigenvalue weighted by molar-refractivity contribution is -0.137. The highest BCUT2D eigenvalue weighted by molar-refractivity contribution is 6.26. The first-order valence-electron chi connectivity index (χ1n) is 19.9. The molecule has 0 fully saturated rings. The van der Waals surface area contributed by atoms with Crippen LogP contribution in [0, 0.1) is 0 Å². The van der Waals surface area contributed by atoms with Crippen LogP contribution in [0.2, 0.25) is 0 Å². The Labute approximate surface area is 291 Å². The molecule has 3 rings (SSSR count). The molecule has 0 spiro atoms. The van der Waals surface area contributed by atoms with Gasteiger partial charge in [0.1, 0.15) is 0 Å². The maximum absolute atomic E-state index is 13.4. The van der Waals surface area contributed by atoms with Crippen molar-refractivity contribution in [1.29, 1.82) is 0 Å². The number of unbranched alkanes of at least 4 members (excludes halogenated alkanes) is 23. The van der Waals surface area contributed by atoms with Crippen LogP contribution < -0.4 is 5.32 Å². The van der Waals surface area contributed by atoms with Crippen molar-refractivity contribution in [2.75, 3.05) is 18.4 Å². The second kappa shape index (κ2) is 24.3. The number of aliphatic carboxylic acids is 1. The molecule has 0 bridgehead atoms. The molecular formula is C42H66N2O4. The lowest BCUT2D eigenvalue weighted by Gasteiger charge is -2.28. The Morgan fingerprint density at radius 3 is 1.56 bits per heavy atom. The summed E-state index contributed by atoms with van der Waals surface area (Å²) in [6.07, 6.45) is 31.2. The Bertz CT molecular complexity index is 1200. The fraction of sp³-hybridized carbons (Fsp3) is 0.690. The third-order valence-electron chi connectivity index (χ3n) is 10.1. The summed E-state index contributed by atoms with van der Waals surface area (Å²) >= 11 is 0. The van der Waals surface area contributed by atoms with Crippen LogP contribution in [0.1, 0.15) is 195 Å². The van der Waals surface area contributed by atoms with Crippen molar-refractivity contribution >= 4 is 34.2 Å². The van der Waals surface area contributed by atoms with Crippen LogP contribution >= 0.6 is 0 Å². The van der Waals surface area contributed by atoms with Crippen molar-refractivity contribution in [3.05, 3.63) is 41.5 Å². The molecule has 6 heteroatoms. The molecule has 0 saturated carbocycles. The monoisotopic (exact) mass is 663 g/mol. The molecule has 0 saturated heterocycles. The topological polar surface area (TPSA) is 86.7 Å². The molecule has 2 N–H and O–H groups in total. The van der Waals surface area contributed by atoms with Gasteiger partial charge in [-0.2, -0.15) is 0 Å². The lowest BCUT2D eigenvalue weighted by Crippen LogP contribution is -2.40. The standard InChI is InChI=1S/C42H66N2O4/c1-2-3-4-5-6-7-8-9-10-11-12-13-16-19-22-25-33-43-38-32-31-37-40-35(38)28-27-29-36(40)41(47)44(42(37)48)34-26-23-20-17-14-15-18-21-24-30-39(45)46/h27-29,31-32,43H,2-26,30,33-34H2,1H3,(H,45,46). The number of carboxylic acids is 1. The number of imide groups is 1. The molecule has 1 heterocycles. The Kier molecular flexibility index (Phi) is 20.0. The van der Waals surface area contributed by atoms with Gasteiger partial charge in [-0.25, -0.2) is 0 Å². The van der Waals surface area contributed by atoms with Crippen LogP contribution in [0.5, 0.6) is 0 Å². The van der Waals surface area contributed by atoms with Crippen LogP contribution in [-0.2, 0) is 4.79 Å². The van der Waals surface area contributed by atoms with Crippen molar-refractivity contribution in [3.8, 4) is 0 Å². The van der Waals surface area contributed by atoms with Gasteiger partial charge in [0.25, 0.3) is 11.8 Å². The van der Waals surface area contributed by atoms with Crippen molar-refractivity contribution in [2.45, 2.75) is 174 Å². The van der Waals surface area contributed by atoms with Gasteiger partial charge in [0.15, 0.2) is 0 Å². The highest BCUT2D eigenvalue weighted by Gasteiger charge is 2.32. The molecule has 2 aromatic rings. The number of amides is 2. The van der Waals surface area contributed by atoms with Gasteiger partial charge in [-0.3, -0.25) is 19.3 Å². The number of carbonyl (C=O) groups is 3. The molecule has 2 aromatic carbocycles. The second-order valence-corrected chi connectivity index (χ2v) is 14.2. The van der Waals surface area contributed by atoms with E-state index in [9.17, 15) is 14.4 Å². The van der Waals surface area contributed by atoms with Crippen LogP contribution in [-0.4, -0.2) is 40.9 Å². The average molecular weight is 663 g/mol. The number of hydrogen-bond acceptors (Lipinski definition) is 4. The summed E-state index contributed by atoms with van der Waals surface area (Å²) in [6, 6.07) is 9.75. The van der Waals surface area contributed by atoms with E-state index in [-0.39, 0.29) is 18.2 Å². The van der Waals surface area contributed by atoms with Crippen molar-refractivity contribution in [1.82, 2.24) is 4.90 Å². The number of benzene rings is 2. The molecule has 6 nitrogen and oxygen atoms in total. The summed E-state index contributed by atoms with van der Waals surface area (Å²) in [5.41, 5.74) is 2.28. The van der Waals surface area contributed by atoms with Gasteiger partial charge in [-0.05, 0) is 37.5 Å². The summed E-state index contributed by atoms with van der Waals surface area (Å²) in [4.78, 5) is 38.9. The van der Waals surface area contributed by atoms with Crippen LogP contribution in [0.15, 0.2) is 30.3 Å². The molecular weight excluding hydrogens is 596 g/mol. The smallest absolute Gasteiger partial charge is 0.303 e. The third kappa shape index (κ3) is 14.3. The maximum Gasteiger partial charge on any atom is 0.303 e. The van der Waals surface area contributed by atoms with E-state index in [0.29, 0.717) is 17.7 Å². The normalized spacial score (nSPS) is 12.7. The number of hydrogen-bond donors (Lipinski definition) is 2. The molecule has 0 atom stereocenters. The van der Waals surface area contributed by atoms with E-state index in [4.69, 9.17) is 5.11 Å².